The largest absolute Gasteiger partial charge is 0.339 e. The number of carbonyl (C=O) groups excluding carboxylic acids is 1. The lowest BCUT2D eigenvalue weighted by Gasteiger charge is -2.27. The molecule has 2 nitrogen and oxygen atoms in total. The van der Waals surface area contributed by atoms with Crippen molar-refractivity contribution in [1.29, 1.82) is 0 Å². The van der Waals surface area contributed by atoms with Gasteiger partial charge in [-0.15, -0.1) is 0 Å². The van der Waals surface area contributed by atoms with Gasteiger partial charge in [0.05, 0.1) is 0 Å². The molecule has 0 bridgehead atoms. The van der Waals surface area contributed by atoms with Crippen LogP contribution in [0.4, 0.5) is 0 Å². The molecule has 2 fully saturated rings. The molecule has 2 rings (SSSR count). The molecular formula is C14H25NO. The molecule has 2 unspecified atom stereocenters. The van der Waals surface area contributed by atoms with Gasteiger partial charge in [0.25, 0.3) is 0 Å². The summed E-state index contributed by atoms with van der Waals surface area (Å²) in [5, 5.41) is 0. The van der Waals surface area contributed by atoms with Crippen LogP contribution in [0.2, 0.25) is 0 Å². The van der Waals surface area contributed by atoms with Crippen LogP contribution >= 0.6 is 0 Å². The summed E-state index contributed by atoms with van der Waals surface area (Å²) in [7, 11) is 0. The van der Waals surface area contributed by atoms with Gasteiger partial charge in [-0.2, -0.15) is 0 Å². The number of hydrogen-bond acceptors (Lipinski definition) is 1. The average Bonchev–Trinajstić information content (AvgIpc) is 2.87. The van der Waals surface area contributed by atoms with Crippen LogP contribution < -0.4 is 0 Å². The molecular weight excluding hydrogens is 198 g/mol. The summed E-state index contributed by atoms with van der Waals surface area (Å²) in [6, 6.07) is 0.522. The predicted molar refractivity (Wildman–Crippen MR) is 66.1 cm³/mol. The van der Waals surface area contributed by atoms with Crippen LogP contribution in [-0.2, 0) is 4.79 Å². The van der Waals surface area contributed by atoms with E-state index in [0.29, 0.717) is 23.8 Å². The molecule has 1 saturated heterocycles. The molecule has 2 heteroatoms. The van der Waals surface area contributed by atoms with E-state index >= 15 is 0 Å². The van der Waals surface area contributed by atoms with E-state index in [1.165, 1.54) is 32.1 Å². The van der Waals surface area contributed by atoms with Crippen LogP contribution in [0, 0.1) is 11.8 Å². The van der Waals surface area contributed by atoms with Gasteiger partial charge in [-0.05, 0) is 37.5 Å². The average molecular weight is 223 g/mol. The molecule has 1 heterocycles. The number of carbonyl (C=O) groups is 1. The fraction of sp³-hybridized carbons (Fsp3) is 0.929. The van der Waals surface area contributed by atoms with Gasteiger partial charge < -0.3 is 4.90 Å². The Kier molecular flexibility index (Phi) is 3.88. The summed E-state index contributed by atoms with van der Waals surface area (Å²) in [5.74, 6) is 1.83. The highest BCUT2D eigenvalue weighted by molar-refractivity contribution is 5.77. The molecule has 1 saturated carbocycles. The van der Waals surface area contributed by atoms with E-state index in [1.807, 2.05) is 0 Å². The maximum atomic E-state index is 12.2. The molecule has 0 N–H and O–H groups in total. The first-order valence-corrected chi connectivity index (χ1v) is 7.01. The first-order valence-electron chi connectivity index (χ1n) is 7.01. The molecule has 0 spiro atoms. The summed E-state index contributed by atoms with van der Waals surface area (Å²) < 4.78 is 0. The van der Waals surface area contributed by atoms with E-state index in [2.05, 4.69) is 18.7 Å². The van der Waals surface area contributed by atoms with Crippen LogP contribution in [0.3, 0.4) is 0 Å². The van der Waals surface area contributed by atoms with Crippen LogP contribution in [-0.4, -0.2) is 23.4 Å². The van der Waals surface area contributed by atoms with E-state index in [1.54, 1.807) is 0 Å². The summed E-state index contributed by atoms with van der Waals surface area (Å²) in [4.78, 5) is 14.4. The standard InChI is InChI=1S/C14H25NO/c1-3-13-11(2)8-9-15(13)14(16)10-12-6-4-5-7-12/h11-13H,3-10H2,1-2H3. The molecule has 2 atom stereocenters. The van der Waals surface area contributed by atoms with Crippen molar-refractivity contribution in [1.82, 2.24) is 4.90 Å². The van der Waals surface area contributed by atoms with Crippen LogP contribution in [0.25, 0.3) is 0 Å². The zero-order valence-electron chi connectivity index (χ0n) is 10.7. The Morgan fingerprint density at radius 3 is 2.56 bits per heavy atom. The SMILES string of the molecule is CCC1C(C)CCN1C(=O)CC1CCCC1. The Bertz CT molecular complexity index is 245. The molecule has 0 aromatic heterocycles. The molecule has 92 valence electrons. The second-order valence-corrected chi connectivity index (χ2v) is 5.68. The number of amides is 1. The van der Waals surface area contributed by atoms with Gasteiger partial charge in [0, 0.05) is 19.0 Å². The fourth-order valence-corrected chi connectivity index (χ4v) is 3.52. The van der Waals surface area contributed by atoms with Crippen LogP contribution in [0.5, 0.6) is 0 Å². The fourth-order valence-electron chi connectivity index (χ4n) is 3.52. The second kappa shape index (κ2) is 5.20. The Labute approximate surface area is 99.4 Å². The topological polar surface area (TPSA) is 20.3 Å². The first kappa shape index (κ1) is 11.9. The molecule has 1 aliphatic heterocycles. The minimum atomic E-state index is 0.433. The van der Waals surface area contributed by atoms with Crippen LogP contribution in [0.15, 0.2) is 0 Å². The van der Waals surface area contributed by atoms with Gasteiger partial charge in [-0.1, -0.05) is 26.7 Å². The van der Waals surface area contributed by atoms with Crippen molar-refractivity contribution in [2.75, 3.05) is 6.54 Å². The van der Waals surface area contributed by atoms with Crippen LogP contribution in [0.1, 0.15) is 58.8 Å². The molecule has 1 amide bonds. The van der Waals surface area contributed by atoms with Gasteiger partial charge in [0.1, 0.15) is 0 Å². The van der Waals surface area contributed by atoms with Crippen molar-refractivity contribution < 1.29 is 4.79 Å². The Morgan fingerprint density at radius 2 is 1.94 bits per heavy atom. The van der Waals surface area contributed by atoms with Crippen molar-refractivity contribution in [2.45, 2.75) is 64.8 Å². The van der Waals surface area contributed by atoms with E-state index in [0.717, 1.165) is 19.4 Å². The number of likely N-dealkylation sites (tertiary alicyclic amines) is 1. The highest BCUT2D eigenvalue weighted by atomic mass is 16.2. The second-order valence-electron chi connectivity index (χ2n) is 5.68. The third kappa shape index (κ3) is 2.41. The highest BCUT2D eigenvalue weighted by Crippen LogP contribution is 2.31. The summed E-state index contributed by atoms with van der Waals surface area (Å²) >= 11 is 0. The van der Waals surface area contributed by atoms with E-state index in [9.17, 15) is 4.79 Å². The molecule has 1 aliphatic carbocycles. The van der Waals surface area contributed by atoms with Crippen molar-refractivity contribution in [3.8, 4) is 0 Å². The predicted octanol–water partition coefficient (Wildman–Crippen LogP) is 3.21. The Morgan fingerprint density at radius 1 is 1.25 bits per heavy atom. The summed E-state index contributed by atoms with van der Waals surface area (Å²) in [6.07, 6.45) is 8.39. The lowest BCUT2D eigenvalue weighted by molar-refractivity contribution is -0.133. The lowest BCUT2D eigenvalue weighted by Crippen LogP contribution is -2.37. The summed E-state index contributed by atoms with van der Waals surface area (Å²) in [6.45, 7) is 5.50. The number of nitrogens with zero attached hydrogens (tertiary/aromatic N) is 1. The lowest BCUT2D eigenvalue weighted by atomic mass is 9.99. The van der Waals surface area contributed by atoms with E-state index in [4.69, 9.17) is 0 Å². The third-order valence-electron chi connectivity index (χ3n) is 4.56. The normalized spacial score (nSPS) is 31.2. The van der Waals surface area contributed by atoms with Gasteiger partial charge >= 0.3 is 0 Å². The summed E-state index contributed by atoms with van der Waals surface area (Å²) in [5.41, 5.74) is 0. The molecule has 0 aromatic rings. The minimum Gasteiger partial charge on any atom is -0.339 e. The van der Waals surface area contributed by atoms with Gasteiger partial charge in [0.15, 0.2) is 0 Å². The van der Waals surface area contributed by atoms with Gasteiger partial charge in [0.2, 0.25) is 5.91 Å². The maximum Gasteiger partial charge on any atom is 0.223 e. The molecule has 0 radical (unpaired) electrons. The Balaban J connectivity index is 1.88. The van der Waals surface area contributed by atoms with E-state index < -0.39 is 0 Å². The number of rotatable bonds is 3. The first-order chi connectivity index (χ1) is 7.72. The Hall–Kier alpha value is -0.530. The van der Waals surface area contributed by atoms with Gasteiger partial charge in [-0.3, -0.25) is 4.79 Å². The van der Waals surface area contributed by atoms with Gasteiger partial charge in [-0.25, -0.2) is 0 Å². The molecule has 2 aliphatic rings. The van der Waals surface area contributed by atoms with E-state index in [-0.39, 0.29) is 0 Å². The monoisotopic (exact) mass is 223 g/mol. The van der Waals surface area contributed by atoms with Crippen molar-refractivity contribution in [3.05, 3.63) is 0 Å². The number of hydrogen-bond donors (Lipinski definition) is 0. The molecule has 0 aromatic carbocycles. The van der Waals surface area contributed by atoms with Crippen molar-refractivity contribution in [2.24, 2.45) is 11.8 Å². The zero-order valence-corrected chi connectivity index (χ0v) is 10.7. The highest BCUT2D eigenvalue weighted by Gasteiger charge is 2.33. The third-order valence-corrected chi connectivity index (χ3v) is 4.56. The van der Waals surface area contributed by atoms with Crippen molar-refractivity contribution in [3.63, 3.8) is 0 Å². The smallest absolute Gasteiger partial charge is 0.223 e. The minimum absolute atomic E-state index is 0.433. The quantitative estimate of drug-likeness (QED) is 0.719. The maximum absolute atomic E-state index is 12.2. The molecule has 16 heavy (non-hydrogen) atoms. The zero-order chi connectivity index (χ0) is 11.5. The van der Waals surface area contributed by atoms with Crippen molar-refractivity contribution >= 4 is 5.91 Å².